The summed E-state index contributed by atoms with van der Waals surface area (Å²) in [5.74, 6) is 0.0450. The van der Waals surface area contributed by atoms with E-state index in [1.54, 1.807) is 13.0 Å². The first-order chi connectivity index (χ1) is 6.13. The number of carbonyl (C=O) groups excluding carboxylic acids is 1. The number of nitroso groups, excluding NO2 is 1. The van der Waals surface area contributed by atoms with Gasteiger partial charge in [-0.2, -0.15) is 0 Å². The summed E-state index contributed by atoms with van der Waals surface area (Å²) in [6.45, 7) is 3.05. The minimum absolute atomic E-state index is 0.357. The fourth-order valence-electron chi connectivity index (χ4n) is 0.960. The standard InChI is InChI=1S/C9H9NO3/c1-6-5-8(13-7(2)11)3-4-9(6)10-12/h3-5H,1-2H3. The van der Waals surface area contributed by atoms with Crippen LogP contribution in [0.3, 0.4) is 0 Å². The largest absolute Gasteiger partial charge is 0.427 e. The molecule has 0 N–H and O–H groups in total. The summed E-state index contributed by atoms with van der Waals surface area (Å²) in [7, 11) is 0. The molecule has 13 heavy (non-hydrogen) atoms. The van der Waals surface area contributed by atoms with Crippen molar-refractivity contribution in [2.45, 2.75) is 13.8 Å². The van der Waals surface area contributed by atoms with Gasteiger partial charge in [-0.25, -0.2) is 0 Å². The summed E-state index contributed by atoms with van der Waals surface area (Å²) in [4.78, 5) is 20.8. The molecule has 0 aliphatic carbocycles. The van der Waals surface area contributed by atoms with Crippen LogP contribution in [0.15, 0.2) is 23.4 Å². The minimum Gasteiger partial charge on any atom is -0.427 e. The highest BCUT2D eigenvalue weighted by Gasteiger charge is 2.02. The van der Waals surface area contributed by atoms with Crippen LogP contribution in [0.2, 0.25) is 0 Å². The maximum atomic E-state index is 10.6. The first kappa shape index (κ1) is 9.38. The summed E-state index contributed by atoms with van der Waals surface area (Å²) in [6, 6.07) is 4.64. The van der Waals surface area contributed by atoms with Gasteiger partial charge >= 0.3 is 5.97 Å². The highest BCUT2D eigenvalue weighted by atomic mass is 16.5. The molecular weight excluding hydrogens is 170 g/mol. The molecule has 4 nitrogen and oxygen atoms in total. The average Bonchev–Trinajstić information content (AvgIpc) is 2.03. The lowest BCUT2D eigenvalue weighted by Crippen LogP contribution is -2.01. The molecule has 4 heteroatoms. The van der Waals surface area contributed by atoms with E-state index in [-0.39, 0.29) is 5.97 Å². The topological polar surface area (TPSA) is 55.7 Å². The second kappa shape index (κ2) is 3.80. The van der Waals surface area contributed by atoms with Crippen molar-refractivity contribution >= 4 is 11.7 Å². The molecule has 0 heterocycles. The summed E-state index contributed by atoms with van der Waals surface area (Å²) in [5, 5.41) is 2.80. The molecule has 0 spiro atoms. The Labute approximate surface area is 75.5 Å². The molecular formula is C9H9NO3. The van der Waals surface area contributed by atoms with Gasteiger partial charge in [0.15, 0.2) is 0 Å². The zero-order chi connectivity index (χ0) is 9.84. The maximum Gasteiger partial charge on any atom is 0.308 e. The van der Waals surface area contributed by atoms with Crippen molar-refractivity contribution in [1.82, 2.24) is 0 Å². The van der Waals surface area contributed by atoms with Gasteiger partial charge in [0, 0.05) is 6.92 Å². The van der Waals surface area contributed by atoms with E-state index in [4.69, 9.17) is 4.74 Å². The van der Waals surface area contributed by atoms with Gasteiger partial charge < -0.3 is 4.74 Å². The molecule has 0 bridgehead atoms. The van der Waals surface area contributed by atoms with Crippen molar-refractivity contribution in [2.75, 3.05) is 0 Å². The van der Waals surface area contributed by atoms with Crippen molar-refractivity contribution in [1.29, 1.82) is 0 Å². The Morgan fingerprint density at radius 2 is 2.15 bits per heavy atom. The number of carbonyl (C=O) groups is 1. The van der Waals surface area contributed by atoms with Gasteiger partial charge in [-0.15, -0.1) is 4.91 Å². The lowest BCUT2D eigenvalue weighted by Gasteiger charge is -2.02. The van der Waals surface area contributed by atoms with Crippen LogP contribution in [0.25, 0.3) is 0 Å². The molecule has 0 fully saturated rings. The van der Waals surface area contributed by atoms with Gasteiger partial charge in [0.05, 0.1) is 0 Å². The minimum atomic E-state index is -0.383. The Bertz CT molecular complexity index is 347. The maximum absolute atomic E-state index is 10.6. The molecule has 0 aliphatic heterocycles. The van der Waals surface area contributed by atoms with E-state index in [0.717, 1.165) is 0 Å². The van der Waals surface area contributed by atoms with E-state index in [0.29, 0.717) is 17.0 Å². The van der Waals surface area contributed by atoms with Crippen LogP contribution in [-0.4, -0.2) is 5.97 Å². The average molecular weight is 179 g/mol. The van der Waals surface area contributed by atoms with E-state index in [2.05, 4.69) is 5.18 Å². The fraction of sp³-hybridized carbons (Fsp3) is 0.222. The number of nitrogens with zero attached hydrogens (tertiary/aromatic N) is 1. The van der Waals surface area contributed by atoms with Crippen molar-refractivity contribution in [3.05, 3.63) is 28.7 Å². The van der Waals surface area contributed by atoms with Crippen LogP contribution < -0.4 is 4.74 Å². The van der Waals surface area contributed by atoms with Gasteiger partial charge in [0.2, 0.25) is 0 Å². The zero-order valence-corrected chi connectivity index (χ0v) is 7.40. The number of aryl methyl sites for hydroxylation is 1. The predicted molar refractivity (Wildman–Crippen MR) is 47.9 cm³/mol. The summed E-state index contributed by atoms with van der Waals surface area (Å²) < 4.78 is 4.81. The van der Waals surface area contributed by atoms with Gasteiger partial charge in [0.1, 0.15) is 11.4 Å². The van der Waals surface area contributed by atoms with Gasteiger partial charge in [0.25, 0.3) is 0 Å². The first-order valence-electron chi connectivity index (χ1n) is 3.76. The fourth-order valence-corrected chi connectivity index (χ4v) is 0.960. The highest BCUT2D eigenvalue weighted by molar-refractivity contribution is 5.69. The first-order valence-corrected chi connectivity index (χ1v) is 3.76. The molecule has 0 aliphatic rings. The molecule has 0 aromatic heterocycles. The number of rotatable bonds is 2. The molecule has 0 atom stereocenters. The molecule has 0 radical (unpaired) electrons. The summed E-state index contributed by atoms with van der Waals surface area (Å²) >= 11 is 0. The van der Waals surface area contributed by atoms with Crippen molar-refractivity contribution in [2.24, 2.45) is 5.18 Å². The van der Waals surface area contributed by atoms with Crippen molar-refractivity contribution in [3.63, 3.8) is 0 Å². The quantitative estimate of drug-likeness (QED) is 0.397. The third-order valence-electron chi connectivity index (χ3n) is 1.53. The van der Waals surface area contributed by atoms with Crippen molar-refractivity contribution < 1.29 is 9.53 Å². The third kappa shape index (κ3) is 2.37. The van der Waals surface area contributed by atoms with Gasteiger partial charge in [-0.1, -0.05) is 0 Å². The van der Waals surface area contributed by atoms with E-state index in [1.165, 1.54) is 19.1 Å². The number of esters is 1. The molecule has 0 saturated carbocycles. The van der Waals surface area contributed by atoms with Gasteiger partial charge in [-0.05, 0) is 35.9 Å². The Morgan fingerprint density at radius 1 is 1.46 bits per heavy atom. The van der Waals surface area contributed by atoms with E-state index in [9.17, 15) is 9.70 Å². The van der Waals surface area contributed by atoms with E-state index < -0.39 is 0 Å². The monoisotopic (exact) mass is 179 g/mol. The Hall–Kier alpha value is -1.71. The second-order valence-corrected chi connectivity index (χ2v) is 2.63. The Morgan fingerprint density at radius 3 is 2.62 bits per heavy atom. The number of ether oxygens (including phenoxy) is 1. The molecule has 0 saturated heterocycles. The second-order valence-electron chi connectivity index (χ2n) is 2.63. The van der Waals surface area contributed by atoms with Gasteiger partial charge in [-0.3, -0.25) is 4.79 Å². The van der Waals surface area contributed by atoms with Crippen LogP contribution in [-0.2, 0) is 4.79 Å². The number of hydrogen-bond donors (Lipinski definition) is 0. The zero-order valence-electron chi connectivity index (χ0n) is 7.40. The van der Waals surface area contributed by atoms with Crippen LogP contribution in [0, 0.1) is 11.8 Å². The van der Waals surface area contributed by atoms with Crippen LogP contribution in [0.4, 0.5) is 5.69 Å². The summed E-state index contributed by atoms with van der Waals surface area (Å²) in [5.41, 5.74) is 1.05. The Balaban J connectivity index is 2.95. The third-order valence-corrected chi connectivity index (χ3v) is 1.53. The smallest absolute Gasteiger partial charge is 0.308 e. The van der Waals surface area contributed by atoms with Crippen LogP contribution >= 0.6 is 0 Å². The molecule has 68 valence electrons. The number of hydrogen-bond acceptors (Lipinski definition) is 4. The molecule has 1 rings (SSSR count). The lowest BCUT2D eigenvalue weighted by atomic mass is 10.2. The highest BCUT2D eigenvalue weighted by Crippen LogP contribution is 2.23. The molecule has 0 amide bonds. The van der Waals surface area contributed by atoms with Crippen LogP contribution in [0.1, 0.15) is 12.5 Å². The molecule has 1 aromatic rings. The lowest BCUT2D eigenvalue weighted by molar-refractivity contribution is -0.131. The molecule has 1 aromatic carbocycles. The summed E-state index contributed by atoms with van der Waals surface area (Å²) in [6.07, 6.45) is 0. The van der Waals surface area contributed by atoms with E-state index in [1.807, 2.05) is 0 Å². The van der Waals surface area contributed by atoms with Crippen molar-refractivity contribution in [3.8, 4) is 5.75 Å². The Kier molecular flexibility index (Phi) is 2.74. The van der Waals surface area contributed by atoms with E-state index >= 15 is 0 Å². The SMILES string of the molecule is CC(=O)Oc1ccc(N=O)c(C)c1. The predicted octanol–water partition coefficient (Wildman–Crippen LogP) is 2.32. The normalized spacial score (nSPS) is 9.38. The molecule has 0 unspecified atom stereocenters. The van der Waals surface area contributed by atoms with Crippen LogP contribution in [0.5, 0.6) is 5.75 Å². The number of benzene rings is 1.